The number of amides is 2. The molecule has 0 aliphatic heterocycles. The van der Waals surface area contributed by atoms with Gasteiger partial charge in [0.2, 0.25) is 11.8 Å². The highest BCUT2D eigenvalue weighted by atomic mass is 35.5. The van der Waals surface area contributed by atoms with Crippen LogP contribution in [-0.4, -0.2) is 28.8 Å². The number of aryl methyl sites for hydroxylation is 1. The molecule has 0 bridgehead atoms. The van der Waals surface area contributed by atoms with Crippen molar-refractivity contribution in [2.45, 2.75) is 58.7 Å². The van der Waals surface area contributed by atoms with Crippen LogP contribution in [-0.2, 0) is 29.0 Å². The summed E-state index contributed by atoms with van der Waals surface area (Å²) >= 11 is 6.47. The van der Waals surface area contributed by atoms with E-state index in [-0.39, 0.29) is 30.8 Å². The van der Waals surface area contributed by atoms with Crippen LogP contribution >= 0.6 is 11.6 Å². The van der Waals surface area contributed by atoms with Crippen LogP contribution in [0.25, 0.3) is 0 Å². The number of carbonyl (C=O) groups excluding carboxylic acids is 2. The van der Waals surface area contributed by atoms with Crippen molar-refractivity contribution in [2.24, 2.45) is 0 Å². The van der Waals surface area contributed by atoms with Crippen molar-refractivity contribution in [3.8, 4) is 0 Å². The Bertz CT molecular complexity index is 1100. The molecule has 34 heavy (non-hydrogen) atoms. The van der Waals surface area contributed by atoms with Crippen LogP contribution in [0, 0.1) is 6.92 Å². The molecule has 0 spiro atoms. The van der Waals surface area contributed by atoms with Gasteiger partial charge in [-0.15, -0.1) is 0 Å². The smallest absolute Gasteiger partial charge is 0.243 e. The molecule has 3 aromatic carbocycles. The molecule has 0 radical (unpaired) electrons. The first-order chi connectivity index (χ1) is 16.4. The first kappa shape index (κ1) is 25.5. The van der Waals surface area contributed by atoms with E-state index in [1.165, 1.54) is 0 Å². The molecule has 0 fully saturated rings. The van der Waals surface area contributed by atoms with Crippen molar-refractivity contribution in [1.29, 1.82) is 0 Å². The predicted octanol–water partition coefficient (Wildman–Crippen LogP) is 5.75. The van der Waals surface area contributed by atoms with Crippen molar-refractivity contribution in [3.05, 3.63) is 106 Å². The largest absolute Gasteiger partial charge is 0.352 e. The third-order valence-corrected chi connectivity index (χ3v) is 6.54. The summed E-state index contributed by atoms with van der Waals surface area (Å²) in [6, 6.07) is 24.5. The number of rotatable bonds is 10. The van der Waals surface area contributed by atoms with Gasteiger partial charge in [0.1, 0.15) is 6.04 Å². The maximum absolute atomic E-state index is 13.8. The van der Waals surface area contributed by atoms with E-state index < -0.39 is 6.04 Å². The standard InChI is InChI=1S/C29H33ClN2O2/c1-4-22(3)31-29(34)27(18-23-13-6-5-7-14-23)32(20-25-16-10-11-17-26(25)30)28(33)19-24-15-9-8-12-21(24)2/h5-17,22,27H,4,18-20H2,1-3H3,(H,31,34)/t22-,27+/m0/s1. The van der Waals surface area contributed by atoms with Crippen molar-refractivity contribution in [1.82, 2.24) is 10.2 Å². The highest BCUT2D eigenvalue weighted by Gasteiger charge is 2.31. The van der Waals surface area contributed by atoms with E-state index >= 15 is 0 Å². The first-order valence-corrected chi connectivity index (χ1v) is 12.2. The molecule has 0 saturated heterocycles. The van der Waals surface area contributed by atoms with Crippen LogP contribution in [0.5, 0.6) is 0 Å². The van der Waals surface area contributed by atoms with Crippen LogP contribution < -0.4 is 5.32 Å². The van der Waals surface area contributed by atoms with Gasteiger partial charge in [-0.3, -0.25) is 9.59 Å². The Balaban J connectivity index is 2.00. The summed E-state index contributed by atoms with van der Waals surface area (Å²) in [6.07, 6.45) is 1.46. The Morgan fingerprint density at radius 3 is 2.18 bits per heavy atom. The Morgan fingerprint density at radius 1 is 0.912 bits per heavy atom. The van der Waals surface area contributed by atoms with E-state index in [4.69, 9.17) is 11.6 Å². The molecule has 4 nitrogen and oxygen atoms in total. The summed E-state index contributed by atoms with van der Waals surface area (Å²) in [5.41, 5.74) is 3.83. The topological polar surface area (TPSA) is 49.4 Å². The summed E-state index contributed by atoms with van der Waals surface area (Å²) in [6.45, 7) is 6.26. The molecule has 0 saturated carbocycles. The highest BCUT2D eigenvalue weighted by Crippen LogP contribution is 2.22. The van der Waals surface area contributed by atoms with Crippen LogP contribution in [0.3, 0.4) is 0 Å². The number of benzene rings is 3. The maximum Gasteiger partial charge on any atom is 0.243 e. The lowest BCUT2D eigenvalue weighted by atomic mass is 10.00. The molecule has 0 heterocycles. The fourth-order valence-electron chi connectivity index (χ4n) is 3.88. The molecule has 5 heteroatoms. The molecule has 2 atom stereocenters. The van der Waals surface area contributed by atoms with E-state index in [2.05, 4.69) is 5.32 Å². The van der Waals surface area contributed by atoms with E-state index in [0.717, 1.165) is 28.7 Å². The molecule has 3 aromatic rings. The van der Waals surface area contributed by atoms with Crippen LogP contribution in [0.1, 0.15) is 42.5 Å². The third-order valence-electron chi connectivity index (χ3n) is 6.17. The second kappa shape index (κ2) is 12.4. The molecule has 0 aliphatic rings. The second-order valence-corrected chi connectivity index (χ2v) is 9.15. The van der Waals surface area contributed by atoms with Gasteiger partial charge in [-0.05, 0) is 48.6 Å². The van der Waals surface area contributed by atoms with Gasteiger partial charge < -0.3 is 10.2 Å². The van der Waals surface area contributed by atoms with E-state index in [1.54, 1.807) is 4.90 Å². The molecule has 0 aliphatic carbocycles. The average Bonchev–Trinajstić information content (AvgIpc) is 2.84. The minimum atomic E-state index is -0.663. The lowest BCUT2D eigenvalue weighted by Gasteiger charge is -2.32. The molecule has 1 N–H and O–H groups in total. The Morgan fingerprint density at radius 2 is 1.53 bits per heavy atom. The maximum atomic E-state index is 13.8. The lowest BCUT2D eigenvalue weighted by Crippen LogP contribution is -2.52. The number of hydrogen-bond acceptors (Lipinski definition) is 2. The minimum absolute atomic E-state index is 0.0133. The Kier molecular flexibility index (Phi) is 9.29. The van der Waals surface area contributed by atoms with Gasteiger partial charge >= 0.3 is 0 Å². The van der Waals surface area contributed by atoms with Gasteiger partial charge in [0, 0.05) is 24.0 Å². The zero-order valence-corrected chi connectivity index (χ0v) is 20.9. The van der Waals surface area contributed by atoms with Crippen LogP contribution in [0.15, 0.2) is 78.9 Å². The number of carbonyl (C=O) groups is 2. The van der Waals surface area contributed by atoms with E-state index in [0.29, 0.717) is 11.4 Å². The molecule has 0 aromatic heterocycles. The molecule has 0 unspecified atom stereocenters. The zero-order valence-electron chi connectivity index (χ0n) is 20.1. The SMILES string of the molecule is CC[C@H](C)NC(=O)[C@@H](Cc1ccccc1)N(Cc1ccccc1Cl)C(=O)Cc1ccccc1C. The van der Waals surface area contributed by atoms with Gasteiger partial charge in [-0.25, -0.2) is 0 Å². The minimum Gasteiger partial charge on any atom is -0.352 e. The fourth-order valence-corrected chi connectivity index (χ4v) is 4.07. The van der Waals surface area contributed by atoms with Gasteiger partial charge in [0.05, 0.1) is 6.42 Å². The lowest BCUT2D eigenvalue weighted by molar-refractivity contribution is -0.141. The van der Waals surface area contributed by atoms with Crippen LogP contribution in [0.4, 0.5) is 0 Å². The fraction of sp³-hybridized carbons (Fsp3) is 0.310. The quantitative estimate of drug-likeness (QED) is 0.405. The summed E-state index contributed by atoms with van der Waals surface area (Å²) in [5.74, 6) is -0.252. The number of nitrogens with zero attached hydrogens (tertiary/aromatic N) is 1. The molecule has 3 rings (SSSR count). The van der Waals surface area contributed by atoms with E-state index in [1.807, 2.05) is 99.6 Å². The van der Waals surface area contributed by atoms with Gasteiger partial charge in [-0.2, -0.15) is 0 Å². The summed E-state index contributed by atoms with van der Waals surface area (Å²) in [4.78, 5) is 29.0. The van der Waals surface area contributed by atoms with Gasteiger partial charge in [0.25, 0.3) is 0 Å². The summed E-state index contributed by atoms with van der Waals surface area (Å²) in [7, 11) is 0. The summed E-state index contributed by atoms with van der Waals surface area (Å²) in [5, 5.41) is 3.68. The van der Waals surface area contributed by atoms with Crippen molar-refractivity contribution < 1.29 is 9.59 Å². The molecular weight excluding hydrogens is 444 g/mol. The zero-order chi connectivity index (χ0) is 24.5. The molecular formula is C29H33ClN2O2. The number of halogens is 1. The van der Waals surface area contributed by atoms with E-state index in [9.17, 15) is 9.59 Å². The van der Waals surface area contributed by atoms with Gasteiger partial charge in [-0.1, -0.05) is 91.3 Å². The molecule has 178 valence electrons. The highest BCUT2D eigenvalue weighted by molar-refractivity contribution is 6.31. The second-order valence-electron chi connectivity index (χ2n) is 8.74. The average molecular weight is 477 g/mol. The Hall–Kier alpha value is -3.11. The number of nitrogens with one attached hydrogen (secondary N) is 1. The third kappa shape index (κ3) is 6.94. The monoisotopic (exact) mass is 476 g/mol. The Labute approximate surface area is 207 Å². The first-order valence-electron chi connectivity index (χ1n) is 11.8. The normalized spacial score (nSPS) is 12.6. The van der Waals surface area contributed by atoms with Crippen molar-refractivity contribution in [3.63, 3.8) is 0 Å². The predicted molar refractivity (Wildman–Crippen MR) is 139 cm³/mol. The van der Waals surface area contributed by atoms with Crippen LogP contribution in [0.2, 0.25) is 5.02 Å². The number of hydrogen-bond donors (Lipinski definition) is 1. The van der Waals surface area contributed by atoms with Crippen molar-refractivity contribution in [2.75, 3.05) is 0 Å². The van der Waals surface area contributed by atoms with Crippen molar-refractivity contribution >= 4 is 23.4 Å². The molecule has 2 amide bonds. The summed E-state index contributed by atoms with van der Waals surface area (Å²) < 4.78 is 0. The van der Waals surface area contributed by atoms with Gasteiger partial charge in [0.15, 0.2) is 0 Å².